The number of rotatable bonds is 8. The third-order valence-electron chi connectivity index (χ3n) is 4.67. The Balaban J connectivity index is 1.55. The lowest BCUT2D eigenvalue weighted by molar-refractivity contribution is 0.414. The van der Waals surface area contributed by atoms with Gasteiger partial charge in [0, 0.05) is 17.9 Å². The Bertz CT molecular complexity index is 873. The highest BCUT2D eigenvalue weighted by atomic mass is 32.2. The van der Waals surface area contributed by atoms with Crippen molar-refractivity contribution in [3.8, 4) is 5.75 Å². The standard InChI is InChI=1S/C21H26N2O3S/c1-26-20-11-13-21(14-12-20)27(24,25)23-19-9-7-18(8-10-19)22-16-15-17-5-3-2-4-6-17/h5,7-14,22-23H,2-4,6,15-16H2,1H3. The van der Waals surface area contributed by atoms with Crippen molar-refractivity contribution in [2.75, 3.05) is 23.7 Å². The zero-order chi connectivity index (χ0) is 19.1. The molecule has 0 spiro atoms. The topological polar surface area (TPSA) is 67.4 Å². The minimum Gasteiger partial charge on any atom is -0.497 e. The first-order valence-corrected chi connectivity index (χ1v) is 10.7. The van der Waals surface area contributed by atoms with E-state index in [9.17, 15) is 8.42 Å². The minimum atomic E-state index is -3.62. The number of nitrogens with one attached hydrogen (secondary N) is 2. The molecule has 3 rings (SSSR count). The summed E-state index contributed by atoms with van der Waals surface area (Å²) in [5.74, 6) is 0.619. The van der Waals surface area contributed by atoms with Crippen molar-refractivity contribution in [1.29, 1.82) is 0 Å². The van der Waals surface area contributed by atoms with Gasteiger partial charge in [-0.3, -0.25) is 4.72 Å². The third kappa shape index (κ3) is 5.50. The molecule has 0 bridgehead atoms. The van der Waals surface area contributed by atoms with Crippen LogP contribution in [0.25, 0.3) is 0 Å². The number of sulfonamides is 1. The molecule has 27 heavy (non-hydrogen) atoms. The number of hydrogen-bond acceptors (Lipinski definition) is 4. The molecule has 0 aliphatic heterocycles. The van der Waals surface area contributed by atoms with Gasteiger partial charge in [-0.2, -0.15) is 0 Å². The van der Waals surface area contributed by atoms with E-state index in [1.54, 1.807) is 31.4 Å². The van der Waals surface area contributed by atoms with Crippen LogP contribution in [-0.4, -0.2) is 22.1 Å². The molecule has 0 atom stereocenters. The first-order chi connectivity index (χ1) is 13.1. The predicted octanol–water partition coefficient (Wildman–Crippen LogP) is 4.80. The van der Waals surface area contributed by atoms with Crippen molar-refractivity contribution in [3.05, 3.63) is 60.2 Å². The van der Waals surface area contributed by atoms with Gasteiger partial charge in [0.05, 0.1) is 12.0 Å². The minimum absolute atomic E-state index is 0.200. The van der Waals surface area contributed by atoms with E-state index in [2.05, 4.69) is 16.1 Å². The van der Waals surface area contributed by atoms with Crippen molar-refractivity contribution < 1.29 is 13.2 Å². The van der Waals surface area contributed by atoms with E-state index in [0.717, 1.165) is 18.7 Å². The molecule has 5 nitrogen and oxygen atoms in total. The van der Waals surface area contributed by atoms with E-state index in [-0.39, 0.29) is 4.90 Å². The summed E-state index contributed by atoms with van der Waals surface area (Å²) in [4.78, 5) is 0.200. The molecule has 144 valence electrons. The molecule has 0 heterocycles. The molecule has 0 amide bonds. The van der Waals surface area contributed by atoms with Crippen molar-refractivity contribution in [3.63, 3.8) is 0 Å². The maximum atomic E-state index is 12.5. The van der Waals surface area contributed by atoms with Gasteiger partial charge in [0.15, 0.2) is 0 Å². The van der Waals surface area contributed by atoms with Crippen molar-refractivity contribution in [2.24, 2.45) is 0 Å². The first-order valence-electron chi connectivity index (χ1n) is 9.25. The number of ether oxygens (including phenoxy) is 1. The summed E-state index contributed by atoms with van der Waals surface area (Å²) < 4.78 is 32.6. The van der Waals surface area contributed by atoms with E-state index >= 15 is 0 Å². The van der Waals surface area contributed by atoms with Crippen LogP contribution in [0.1, 0.15) is 32.1 Å². The number of methoxy groups -OCH3 is 1. The van der Waals surface area contributed by atoms with Crippen LogP contribution in [0.3, 0.4) is 0 Å². The molecule has 2 aromatic carbocycles. The van der Waals surface area contributed by atoms with Crippen LogP contribution in [0.15, 0.2) is 65.1 Å². The molecule has 6 heteroatoms. The Morgan fingerprint density at radius 3 is 2.30 bits per heavy atom. The highest BCUT2D eigenvalue weighted by Crippen LogP contribution is 2.22. The van der Waals surface area contributed by atoms with Gasteiger partial charge in [0.2, 0.25) is 0 Å². The largest absolute Gasteiger partial charge is 0.497 e. The molecule has 0 saturated heterocycles. The predicted molar refractivity (Wildman–Crippen MR) is 110 cm³/mol. The van der Waals surface area contributed by atoms with Crippen LogP contribution in [0.5, 0.6) is 5.75 Å². The van der Waals surface area contributed by atoms with Crippen molar-refractivity contribution in [2.45, 2.75) is 37.0 Å². The average molecular weight is 387 g/mol. The summed E-state index contributed by atoms with van der Waals surface area (Å²) in [6, 6.07) is 13.6. The number of allylic oxidation sites excluding steroid dienone is 1. The van der Waals surface area contributed by atoms with Crippen LogP contribution < -0.4 is 14.8 Å². The quantitative estimate of drug-likeness (QED) is 0.640. The zero-order valence-corrected chi connectivity index (χ0v) is 16.4. The van der Waals surface area contributed by atoms with Gasteiger partial charge in [0.1, 0.15) is 5.75 Å². The van der Waals surface area contributed by atoms with Gasteiger partial charge < -0.3 is 10.1 Å². The van der Waals surface area contributed by atoms with E-state index in [1.807, 2.05) is 12.1 Å². The summed E-state index contributed by atoms with van der Waals surface area (Å²) in [6.07, 6.45) is 8.46. The van der Waals surface area contributed by atoms with E-state index < -0.39 is 10.0 Å². The number of anilines is 2. The van der Waals surface area contributed by atoms with Gasteiger partial charge in [-0.15, -0.1) is 0 Å². The lowest BCUT2D eigenvalue weighted by Gasteiger charge is -2.14. The molecular weight excluding hydrogens is 360 g/mol. The van der Waals surface area contributed by atoms with Crippen LogP contribution in [0, 0.1) is 0 Å². The third-order valence-corrected chi connectivity index (χ3v) is 6.06. The van der Waals surface area contributed by atoms with E-state index in [4.69, 9.17) is 4.74 Å². The monoisotopic (exact) mass is 386 g/mol. The van der Waals surface area contributed by atoms with Crippen molar-refractivity contribution in [1.82, 2.24) is 0 Å². The zero-order valence-electron chi connectivity index (χ0n) is 15.6. The highest BCUT2D eigenvalue weighted by molar-refractivity contribution is 7.92. The highest BCUT2D eigenvalue weighted by Gasteiger charge is 2.14. The number of hydrogen-bond donors (Lipinski definition) is 2. The Morgan fingerprint density at radius 1 is 0.963 bits per heavy atom. The molecule has 0 radical (unpaired) electrons. The Hall–Kier alpha value is -2.47. The summed E-state index contributed by atoms with van der Waals surface area (Å²) in [5, 5.41) is 3.39. The molecule has 0 unspecified atom stereocenters. The molecule has 0 aromatic heterocycles. The summed E-state index contributed by atoms with van der Waals surface area (Å²) in [7, 11) is -2.07. The van der Waals surface area contributed by atoms with Gasteiger partial charge in [0.25, 0.3) is 10.0 Å². The van der Waals surface area contributed by atoms with Gasteiger partial charge in [-0.1, -0.05) is 11.6 Å². The van der Waals surface area contributed by atoms with E-state index in [1.165, 1.54) is 43.4 Å². The van der Waals surface area contributed by atoms with Gasteiger partial charge in [-0.05, 0) is 80.6 Å². The number of benzene rings is 2. The summed E-state index contributed by atoms with van der Waals surface area (Å²) in [6.45, 7) is 0.892. The van der Waals surface area contributed by atoms with Crippen LogP contribution in [0.4, 0.5) is 11.4 Å². The van der Waals surface area contributed by atoms with Crippen molar-refractivity contribution >= 4 is 21.4 Å². The average Bonchev–Trinajstić information content (AvgIpc) is 2.70. The maximum Gasteiger partial charge on any atom is 0.261 e. The lowest BCUT2D eigenvalue weighted by atomic mass is 9.97. The molecule has 2 aromatic rings. The second kappa shape index (κ2) is 8.95. The lowest BCUT2D eigenvalue weighted by Crippen LogP contribution is -2.13. The summed E-state index contributed by atoms with van der Waals surface area (Å²) >= 11 is 0. The molecule has 2 N–H and O–H groups in total. The first kappa shape index (κ1) is 19.3. The Labute approximate surface area is 161 Å². The van der Waals surface area contributed by atoms with Crippen LogP contribution in [-0.2, 0) is 10.0 Å². The fourth-order valence-corrected chi connectivity index (χ4v) is 4.18. The van der Waals surface area contributed by atoms with Crippen LogP contribution >= 0.6 is 0 Å². The van der Waals surface area contributed by atoms with Crippen LogP contribution in [0.2, 0.25) is 0 Å². The fourth-order valence-electron chi connectivity index (χ4n) is 3.12. The normalized spacial score (nSPS) is 14.3. The van der Waals surface area contributed by atoms with Gasteiger partial charge >= 0.3 is 0 Å². The fraction of sp³-hybridized carbons (Fsp3) is 0.333. The summed E-state index contributed by atoms with van der Waals surface area (Å²) in [5.41, 5.74) is 3.06. The smallest absolute Gasteiger partial charge is 0.261 e. The Morgan fingerprint density at radius 2 is 1.67 bits per heavy atom. The molecule has 1 aliphatic carbocycles. The van der Waals surface area contributed by atoms with E-state index in [0.29, 0.717) is 11.4 Å². The molecule has 0 fully saturated rings. The van der Waals surface area contributed by atoms with Gasteiger partial charge in [-0.25, -0.2) is 8.42 Å². The molecular formula is C21H26N2O3S. The Kier molecular flexibility index (Phi) is 6.40. The second-order valence-electron chi connectivity index (χ2n) is 6.64. The SMILES string of the molecule is COc1ccc(S(=O)(=O)Nc2ccc(NCCC3=CCCCC3)cc2)cc1. The molecule has 1 aliphatic rings. The molecule has 0 saturated carbocycles. The maximum absolute atomic E-state index is 12.5. The second-order valence-corrected chi connectivity index (χ2v) is 8.33.